The maximum absolute atomic E-state index is 12.2. The summed E-state index contributed by atoms with van der Waals surface area (Å²) in [5.41, 5.74) is 4.02. The third-order valence-corrected chi connectivity index (χ3v) is 4.54. The van der Waals surface area contributed by atoms with E-state index in [1.54, 1.807) is 14.2 Å². The molecule has 6 nitrogen and oxygen atoms in total. The van der Waals surface area contributed by atoms with Gasteiger partial charge in [-0.25, -0.2) is 4.98 Å². The standard InChI is InChI=1S/C21H25N3O3/c1-4-20-23-17-9-5-14(11-18(17)24-20)6-10-21(25)22-13-15-7-8-16(26-2)12-19(15)27-3/h5,7-9,11-12H,4,6,10,13H2,1-3H3,(H,22,25)(H,23,24). The Morgan fingerprint density at radius 3 is 2.74 bits per heavy atom. The number of methoxy groups -OCH3 is 2. The Kier molecular flexibility index (Phi) is 5.96. The Hall–Kier alpha value is -3.02. The van der Waals surface area contributed by atoms with Gasteiger partial charge in [-0.1, -0.05) is 13.0 Å². The van der Waals surface area contributed by atoms with Gasteiger partial charge in [0.15, 0.2) is 0 Å². The molecule has 0 fully saturated rings. The molecule has 2 aromatic carbocycles. The SMILES string of the molecule is CCc1nc2ccc(CCC(=O)NCc3ccc(OC)cc3OC)cc2[nH]1. The average Bonchev–Trinajstić information content (AvgIpc) is 3.13. The molecule has 0 radical (unpaired) electrons. The number of hydrogen-bond acceptors (Lipinski definition) is 4. The van der Waals surface area contributed by atoms with E-state index >= 15 is 0 Å². The number of amides is 1. The Bertz CT molecular complexity index is 934. The van der Waals surface area contributed by atoms with Gasteiger partial charge in [0.1, 0.15) is 17.3 Å². The molecular weight excluding hydrogens is 342 g/mol. The molecule has 3 aromatic rings. The number of nitrogens with one attached hydrogen (secondary N) is 2. The lowest BCUT2D eigenvalue weighted by Crippen LogP contribution is -2.23. The number of benzene rings is 2. The van der Waals surface area contributed by atoms with E-state index in [0.717, 1.165) is 40.2 Å². The van der Waals surface area contributed by atoms with E-state index < -0.39 is 0 Å². The summed E-state index contributed by atoms with van der Waals surface area (Å²) in [7, 11) is 3.22. The number of aryl methyl sites for hydroxylation is 2. The lowest BCUT2D eigenvalue weighted by molar-refractivity contribution is -0.121. The second-order valence-corrected chi connectivity index (χ2v) is 6.34. The van der Waals surface area contributed by atoms with Gasteiger partial charge in [0, 0.05) is 31.0 Å². The molecule has 0 spiro atoms. The van der Waals surface area contributed by atoms with E-state index in [2.05, 4.69) is 28.3 Å². The van der Waals surface area contributed by atoms with Crippen LogP contribution in [0.2, 0.25) is 0 Å². The van der Waals surface area contributed by atoms with Crippen LogP contribution in [0.4, 0.5) is 0 Å². The topological polar surface area (TPSA) is 76.2 Å². The predicted octanol–water partition coefficient (Wildman–Crippen LogP) is 3.39. The van der Waals surface area contributed by atoms with Crippen molar-refractivity contribution in [2.24, 2.45) is 0 Å². The van der Waals surface area contributed by atoms with Crippen molar-refractivity contribution in [2.75, 3.05) is 14.2 Å². The lowest BCUT2D eigenvalue weighted by atomic mass is 10.1. The second-order valence-electron chi connectivity index (χ2n) is 6.34. The molecular formula is C21H25N3O3. The molecule has 0 bridgehead atoms. The summed E-state index contributed by atoms with van der Waals surface area (Å²) in [5, 5.41) is 2.95. The Morgan fingerprint density at radius 2 is 2.00 bits per heavy atom. The number of aromatic amines is 1. The molecule has 1 amide bonds. The first-order valence-corrected chi connectivity index (χ1v) is 9.08. The van der Waals surface area contributed by atoms with Crippen molar-refractivity contribution in [3.63, 3.8) is 0 Å². The molecule has 0 saturated heterocycles. The fourth-order valence-corrected chi connectivity index (χ4v) is 2.97. The highest BCUT2D eigenvalue weighted by atomic mass is 16.5. The highest BCUT2D eigenvalue weighted by Gasteiger charge is 2.08. The van der Waals surface area contributed by atoms with Crippen molar-refractivity contribution >= 4 is 16.9 Å². The van der Waals surface area contributed by atoms with Crippen LogP contribution < -0.4 is 14.8 Å². The summed E-state index contributed by atoms with van der Waals surface area (Å²) in [6.45, 7) is 2.49. The minimum atomic E-state index is 0.00632. The summed E-state index contributed by atoms with van der Waals surface area (Å²) in [4.78, 5) is 20.0. The van der Waals surface area contributed by atoms with Gasteiger partial charge in [-0.2, -0.15) is 0 Å². The van der Waals surface area contributed by atoms with Crippen molar-refractivity contribution in [1.82, 2.24) is 15.3 Å². The number of H-pyrrole nitrogens is 1. The van der Waals surface area contributed by atoms with Crippen molar-refractivity contribution in [2.45, 2.75) is 32.7 Å². The highest BCUT2D eigenvalue weighted by Crippen LogP contribution is 2.24. The molecule has 2 N–H and O–H groups in total. The minimum absolute atomic E-state index is 0.00632. The molecule has 1 aromatic heterocycles. The number of imidazole rings is 1. The average molecular weight is 367 g/mol. The fourth-order valence-electron chi connectivity index (χ4n) is 2.97. The summed E-state index contributed by atoms with van der Waals surface area (Å²) >= 11 is 0. The highest BCUT2D eigenvalue weighted by molar-refractivity contribution is 5.78. The van der Waals surface area contributed by atoms with Crippen molar-refractivity contribution in [1.29, 1.82) is 0 Å². The van der Waals surface area contributed by atoms with Gasteiger partial charge < -0.3 is 19.8 Å². The minimum Gasteiger partial charge on any atom is -0.497 e. The monoisotopic (exact) mass is 367 g/mol. The second kappa shape index (κ2) is 8.58. The van der Waals surface area contributed by atoms with Gasteiger partial charge in [0.05, 0.1) is 25.3 Å². The zero-order chi connectivity index (χ0) is 19.2. The van der Waals surface area contributed by atoms with Crippen LogP contribution in [-0.4, -0.2) is 30.1 Å². The van der Waals surface area contributed by atoms with E-state index in [0.29, 0.717) is 25.1 Å². The van der Waals surface area contributed by atoms with Crippen LogP contribution in [-0.2, 0) is 24.2 Å². The Labute approximate surface area is 158 Å². The lowest BCUT2D eigenvalue weighted by Gasteiger charge is -2.11. The van der Waals surface area contributed by atoms with E-state index in [9.17, 15) is 4.79 Å². The molecule has 1 heterocycles. The van der Waals surface area contributed by atoms with Crippen LogP contribution in [0.3, 0.4) is 0 Å². The van der Waals surface area contributed by atoms with Crippen LogP contribution in [0.15, 0.2) is 36.4 Å². The van der Waals surface area contributed by atoms with Gasteiger partial charge in [-0.3, -0.25) is 4.79 Å². The fraction of sp³-hybridized carbons (Fsp3) is 0.333. The van der Waals surface area contributed by atoms with Crippen molar-refractivity contribution in [3.8, 4) is 11.5 Å². The smallest absolute Gasteiger partial charge is 0.220 e. The molecule has 0 unspecified atom stereocenters. The first-order chi connectivity index (χ1) is 13.1. The van der Waals surface area contributed by atoms with Gasteiger partial charge >= 0.3 is 0 Å². The number of carbonyl (C=O) groups excluding carboxylic acids is 1. The maximum Gasteiger partial charge on any atom is 0.220 e. The molecule has 142 valence electrons. The van der Waals surface area contributed by atoms with E-state index in [4.69, 9.17) is 9.47 Å². The van der Waals surface area contributed by atoms with Gasteiger partial charge in [0.25, 0.3) is 0 Å². The summed E-state index contributed by atoms with van der Waals surface area (Å²) < 4.78 is 10.6. The molecule has 0 atom stereocenters. The zero-order valence-electron chi connectivity index (χ0n) is 16.0. The van der Waals surface area contributed by atoms with Gasteiger partial charge in [-0.05, 0) is 36.2 Å². The first-order valence-electron chi connectivity index (χ1n) is 9.08. The van der Waals surface area contributed by atoms with E-state index in [1.807, 2.05) is 30.3 Å². The maximum atomic E-state index is 12.2. The van der Waals surface area contributed by atoms with Crippen LogP contribution in [0, 0.1) is 0 Å². The largest absolute Gasteiger partial charge is 0.497 e. The third kappa shape index (κ3) is 4.58. The summed E-state index contributed by atoms with van der Waals surface area (Å²) in [5.74, 6) is 2.41. The number of carbonyl (C=O) groups is 1. The normalized spacial score (nSPS) is 10.8. The molecule has 6 heteroatoms. The molecule has 27 heavy (non-hydrogen) atoms. The molecule has 3 rings (SSSR count). The molecule has 0 saturated carbocycles. The quantitative estimate of drug-likeness (QED) is 0.640. The van der Waals surface area contributed by atoms with Gasteiger partial charge in [0.2, 0.25) is 5.91 Å². The molecule has 0 aliphatic heterocycles. The van der Waals surface area contributed by atoms with E-state index in [-0.39, 0.29) is 5.91 Å². The summed E-state index contributed by atoms with van der Waals surface area (Å²) in [6.07, 6.45) is 1.99. The molecule has 0 aliphatic rings. The third-order valence-electron chi connectivity index (χ3n) is 4.54. The van der Waals surface area contributed by atoms with Crippen LogP contribution in [0.1, 0.15) is 30.3 Å². The number of hydrogen-bond donors (Lipinski definition) is 2. The van der Waals surface area contributed by atoms with Crippen molar-refractivity contribution in [3.05, 3.63) is 53.3 Å². The van der Waals surface area contributed by atoms with Crippen molar-refractivity contribution < 1.29 is 14.3 Å². The number of ether oxygens (including phenoxy) is 2. The Balaban J connectivity index is 1.55. The molecule has 0 aliphatic carbocycles. The first kappa shape index (κ1) is 18.8. The Morgan fingerprint density at radius 1 is 1.15 bits per heavy atom. The zero-order valence-corrected chi connectivity index (χ0v) is 16.0. The van der Waals surface area contributed by atoms with Crippen LogP contribution >= 0.6 is 0 Å². The van der Waals surface area contributed by atoms with Crippen LogP contribution in [0.25, 0.3) is 11.0 Å². The number of fused-ring (bicyclic) bond motifs is 1. The number of nitrogens with zero attached hydrogens (tertiary/aromatic N) is 1. The number of rotatable bonds is 8. The van der Waals surface area contributed by atoms with Gasteiger partial charge in [-0.15, -0.1) is 0 Å². The predicted molar refractivity (Wildman–Crippen MR) is 105 cm³/mol. The number of aromatic nitrogens is 2. The summed E-state index contributed by atoms with van der Waals surface area (Å²) in [6, 6.07) is 11.7. The van der Waals surface area contributed by atoms with Crippen LogP contribution in [0.5, 0.6) is 11.5 Å². The van der Waals surface area contributed by atoms with E-state index in [1.165, 1.54) is 0 Å².